The standard InChI is InChI=1S/C23H25N7O/c1-16-4-2-6-19-21(17-7-10-24-11-8-17)23(26-22(16)19)18-5-3-12-29(14-18)20(31)9-13-30-15-25-27-28-30/h2,4,6-8,10-11,15,18,26H,3,5,9,12-14H2,1H3/t18-/m0/s1. The molecule has 1 aromatic carbocycles. The average Bonchev–Trinajstić information content (AvgIpc) is 3.47. The van der Waals surface area contributed by atoms with E-state index in [-0.39, 0.29) is 11.8 Å². The monoisotopic (exact) mass is 415 g/mol. The van der Waals surface area contributed by atoms with Gasteiger partial charge in [0, 0.05) is 60.0 Å². The molecule has 0 saturated carbocycles. The zero-order valence-corrected chi connectivity index (χ0v) is 17.5. The van der Waals surface area contributed by atoms with Gasteiger partial charge in [-0.05, 0) is 53.5 Å². The van der Waals surface area contributed by atoms with Gasteiger partial charge in [-0.25, -0.2) is 4.68 Å². The van der Waals surface area contributed by atoms with Gasteiger partial charge in [-0.1, -0.05) is 18.2 Å². The zero-order chi connectivity index (χ0) is 21.2. The number of amides is 1. The molecular formula is C23H25N7O. The molecule has 1 N–H and O–H groups in total. The van der Waals surface area contributed by atoms with Gasteiger partial charge in [0.25, 0.3) is 0 Å². The van der Waals surface area contributed by atoms with Gasteiger partial charge >= 0.3 is 0 Å². The molecule has 0 aliphatic carbocycles. The number of pyridine rings is 1. The van der Waals surface area contributed by atoms with Crippen LogP contribution in [0.25, 0.3) is 22.0 Å². The lowest BCUT2D eigenvalue weighted by atomic mass is 9.89. The summed E-state index contributed by atoms with van der Waals surface area (Å²) in [6.07, 6.45) is 7.67. The van der Waals surface area contributed by atoms with Crippen LogP contribution in [0.4, 0.5) is 0 Å². The van der Waals surface area contributed by atoms with Crippen molar-refractivity contribution in [3.05, 3.63) is 60.3 Å². The van der Waals surface area contributed by atoms with Crippen LogP contribution >= 0.6 is 0 Å². The second-order valence-electron chi connectivity index (χ2n) is 8.15. The van der Waals surface area contributed by atoms with E-state index in [1.807, 2.05) is 17.3 Å². The highest BCUT2D eigenvalue weighted by Crippen LogP contribution is 2.40. The summed E-state index contributed by atoms with van der Waals surface area (Å²) in [6.45, 7) is 4.16. The van der Waals surface area contributed by atoms with Crippen molar-refractivity contribution in [1.29, 1.82) is 0 Å². The first-order chi connectivity index (χ1) is 15.2. The molecule has 8 nitrogen and oxygen atoms in total. The molecule has 1 fully saturated rings. The summed E-state index contributed by atoms with van der Waals surface area (Å²) < 4.78 is 1.60. The maximum Gasteiger partial charge on any atom is 0.224 e. The maximum atomic E-state index is 12.9. The van der Waals surface area contributed by atoms with Gasteiger partial charge in [0.05, 0.1) is 6.54 Å². The van der Waals surface area contributed by atoms with Crippen molar-refractivity contribution in [3.63, 3.8) is 0 Å². The van der Waals surface area contributed by atoms with E-state index in [0.717, 1.165) is 31.5 Å². The highest BCUT2D eigenvalue weighted by Gasteiger charge is 2.28. The summed E-state index contributed by atoms with van der Waals surface area (Å²) in [7, 11) is 0. The predicted molar refractivity (Wildman–Crippen MR) is 117 cm³/mol. The Kier molecular flexibility index (Phi) is 5.19. The number of para-hydroxylation sites is 1. The van der Waals surface area contributed by atoms with Gasteiger partial charge in [0.2, 0.25) is 5.91 Å². The number of nitrogens with zero attached hydrogens (tertiary/aromatic N) is 6. The summed E-state index contributed by atoms with van der Waals surface area (Å²) in [6, 6.07) is 10.5. The minimum Gasteiger partial charge on any atom is -0.357 e. The fourth-order valence-corrected chi connectivity index (χ4v) is 4.61. The highest BCUT2D eigenvalue weighted by atomic mass is 16.2. The van der Waals surface area contributed by atoms with E-state index in [1.165, 1.54) is 27.7 Å². The first-order valence-electron chi connectivity index (χ1n) is 10.7. The van der Waals surface area contributed by atoms with Crippen molar-refractivity contribution in [2.24, 2.45) is 0 Å². The van der Waals surface area contributed by atoms with E-state index < -0.39 is 0 Å². The number of rotatable bonds is 5. The lowest BCUT2D eigenvalue weighted by Gasteiger charge is -2.33. The van der Waals surface area contributed by atoms with Gasteiger partial charge in [0.15, 0.2) is 0 Å². The van der Waals surface area contributed by atoms with Crippen LogP contribution < -0.4 is 0 Å². The molecule has 0 radical (unpaired) electrons. The molecule has 0 bridgehead atoms. The molecular weight excluding hydrogens is 390 g/mol. The molecule has 31 heavy (non-hydrogen) atoms. The van der Waals surface area contributed by atoms with Crippen LogP contribution in [0.1, 0.15) is 36.4 Å². The Bertz CT molecular complexity index is 1180. The lowest BCUT2D eigenvalue weighted by molar-refractivity contribution is -0.132. The predicted octanol–water partition coefficient (Wildman–Crippen LogP) is 3.32. The van der Waals surface area contributed by atoms with E-state index in [1.54, 1.807) is 11.0 Å². The first kappa shape index (κ1) is 19.4. The SMILES string of the molecule is Cc1cccc2c(-c3ccncc3)c([C@H]3CCCN(C(=O)CCn4cnnn4)C3)[nH]c12. The van der Waals surface area contributed by atoms with Crippen LogP contribution in [-0.2, 0) is 11.3 Å². The number of likely N-dealkylation sites (tertiary alicyclic amines) is 1. The molecule has 158 valence electrons. The number of benzene rings is 1. The first-order valence-corrected chi connectivity index (χ1v) is 10.7. The summed E-state index contributed by atoms with van der Waals surface area (Å²) in [4.78, 5) is 22.8. The van der Waals surface area contributed by atoms with Gasteiger partial charge in [-0.2, -0.15) is 0 Å². The molecule has 3 aromatic heterocycles. The number of aromatic amines is 1. The van der Waals surface area contributed by atoms with E-state index >= 15 is 0 Å². The molecule has 0 unspecified atom stereocenters. The van der Waals surface area contributed by atoms with Crippen molar-refractivity contribution >= 4 is 16.8 Å². The van der Waals surface area contributed by atoms with Crippen LogP contribution in [0.5, 0.6) is 0 Å². The van der Waals surface area contributed by atoms with Crippen molar-refractivity contribution in [3.8, 4) is 11.1 Å². The van der Waals surface area contributed by atoms with Gasteiger partial charge < -0.3 is 9.88 Å². The number of fused-ring (bicyclic) bond motifs is 1. The number of aromatic nitrogens is 6. The second-order valence-corrected chi connectivity index (χ2v) is 8.15. The fraction of sp³-hybridized carbons (Fsp3) is 0.348. The summed E-state index contributed by atoms with van der Waals surface area (Å²) in [5.74, 6) is 0.415. The van der Waals surface area contributed by atoms with Crippen LogP contribution in [0.15, 0.2) is 49.1 Å². The van der Waals surface area contributed by atoms with Crippen molar-refractivity contribution in [2.75, 3.05) is 13.1 Å². The lowest BCUT2D eigenvalue weighted by Crippen LogP contribution is -2.39. The molecule has 8 heteroatoms. The summed E-state index contributed by atoms with van der Waals surface area (Å²) >= 11 is 0. The Morgan fingerprint density at radius 2 is 2.10 bits per heavy atom. The number of carbonyl (C=O) groups excluding carboxylic acids is 1. The van der Waals surface area contributed by atoms with Gasteiger partial charge in [0.1, 0.15) is 6.33 Å². The van der Waals surface area contributed by atoms with E-state index in [9.17, 15) is 4.79 Å². The Labute approximate surface area is 180 Å². The molecule has 4 aromatic rings. The minimum absolute atomic E-state index is 0.151. The molecule has 1 aliphatic heterocycles. The molecule has 1 saturated heterocycles. The number of tetrazole rings is 1. The third kappa shape index (κ3) is 3.81. The van der Waals surface area contributed by atoms with Gasteiger partial charge in [-0.15, -0.1) is 5.10 Å². The number of nitrogens with one attached hydrogen (secondary N) is 1. The number of piperidine rings is 1. The number of H-pyrrole nitrogens is 1. The smallest absolute Gasteiger partial charge is 0.224 e. The second kappa shape index (κ2) is 8.29. The normalized spacial score (nSPS) is 16.7. The molecule has 4 heterocycles. The maximum absolute atomic E-state index is 12.9. The third-order valence-electron chi connectivity index (χ3n) is 6.17. The molecule has 5 rings (SSSR count). The Balaban J connectivity index is 1.44. The number of carbonyl (C=O) groups is 1. The largest absolute Gasteiger partial charge is 0.357 e. The number of aryl methyl sites for hydroxylation is 2. The Morgan fingerprint density at radius 1 is 1.23 bits per heavy atom. The van der Waals surface area contributed by atoms with Crippen molar-refractivity contribution in [2.45, 2.75) is 38.6 Å². The van der Waals surface area contributed by atoms with Crippen LogP contribution in [0, 0.1) is 6.92 Å². The summed E-state index contributed by atoms with van der Waals surface area (Å²) in [5.41, 5.74) is 6.00. The van der Waals surface area contributed by atoms with Gasteiger partial charge in [-0.3, -0.25) is 9.78 Å². The van der Waals surface area contributed by atoms with Crippen LogP contribution in [-0.4, -0.2) is 54.1 Å². The topological polar surface area (TPSA) is 92.6 Å². The molecule has 1 amide bonds. The zero-order valence-electron chi connectivity index (χ0n) is 17.5. The third-order valence-corrected chi connectivity index (χ3v) is 6.17. The molecule has 0 spiro atoms. The van der Waals surface area contributed by atoms with E-state index in [2.05, 4.69) is 62.7 Å². The number of hydrogen-bond acceptors (Lipinski definition) is 5. The highest BCUT2D eigenvalue weighted by molar-refractivity contribution is 5.99. The Morgan fingerprint density at radius 3 is 2.90 bits per heavy atom. The van der Waals surface area contributed by atoms with Crippen molar-refractivity contribution in [1.82, 2.24) is 35.1 Å². The minimum atomic E-state index is 0.151. The molecule has 1 atom stereocenters. The Hall–Kier alpha value is -3.55. The van der Waals surface area contributed by atoms with Crippen LogP contribution in [0.3, 0.4) is 0 Å². The molecule has 1 aliphatic rings. The number of hydrogen-bond donors (Lipinski definition) is 1. The van der Waals surface area contributed by atoms with E-state index in [4.69, 9.17) is 0 Å². The summed E-state index contributed by atoms with van der Waals surface area (Å²) in [5, 5.41) is 12.3. The van der Waals surface area contributed by atoms with Crippen molar-refractivity contribution < 1.29 is 4.79 Å². The average molecular weight is 416 g/mol. The van der Waals surface area contributed by atoms with E-state index in [0.29, 0.717) is 13.0 Å². The fourth-order valence-electron chi connectivity index (χ4n) is 4.61. The van der Waals surface area contributed by atoms with Crippen LogP contribution in [0.2, 0.25) is 0 Å². The quantitative estimate of drug-likeness (QED) is 0.540.